The molecule has 28 heteroatoms. The third-order valence-corrected chi connectivity index (χ3v) is 9.69. The summed E-state index contributed by atoms with van der Waals surface area (Å²) < 4.78 is 34.6. The van der Waals surface area contributed by atoms with Gasteiger partial charge in [0.1, 0.15) is 0 Å². The van der Waals surface area contributed by atoms with Crippen LogP contribution >= 0.6 is 11.6 Å². The summed E-state index contributed by atoms with van der Waals surface area (Å²) in [5.41, 5.74) is 5.15. The van der Waals surface area contributed by atoms with E-state index < -0.39 is 34.3 Å². The Hall–Kier alpha value is -9.96. The van der Waals surface area contributed by atoms with Crippen molar-refractivity contribution in [3.63, 3.8) is 0 Å². The molecule has 0 aliphatic rings. The Morgan fingerprint density at radius 3 is 0.987 bits per heavy atom. The maximum Gasteiger partial charge on any atom is 0.444 e. The third-order valence-electron chi connectivity index (χ3n) is 9.52. The van der Waals surface area contributed by atoms with Crippen molar-refractivity contribution in [2.45, 2.75) is 0 Å². The molecule has 0 aliphatic carbocycles. The van der Waals surface area contributed by atoms with Crippen LogP contribution in [-0.2, 0) is 10.4 Å². The molecule has 0 saturated carbocycles. The molecule has 8 aromatic rings. The number of aromatic nitrogens is 8. The largest absolute Gasteiger partial charge is 0.726 e. The second-order valence-corrected chi connectivity index (χ2v) is 16.6. The average Bonchev–Trinajstić information content (AvgIpc) is 3.37. The first kappa shape index (κ1) is 56.9. The van der Waals surface area contributed by atoms with Crippen LogP contribution in [0.3, 0.4) is 0 Å². The first-order chi connectivity index (χ1) is 36.0. The minimum atomic E-state index is -4.92. The van der Waals surface area contributed by atoms with Gasteiger partial charge in [0.15, 0.2) is 0 Å². The number of nitrogens with one attached hydrogen (secondary N) is 4. The monoisotopic (exact) mass is 1080 g/mol. The van der Waals surface area contributed by atoms with E-state index in [2.05, 4.69) is 56.2 Å². The Morgan fingerprint density at radius 1 is 0.474 bits per heavy atom. The standard InChI is InChI=1S/C24H21N7O4.C17H12ClN5O4.C7H10N2.H2O4S/c1-30(2)19-11-13-31(14-12-19)24-28-22(25-17-7-3-15(4-8-17)20(32)33)27-23(29-24)26-18-9-5-16(6-10-18)21(34)35;18-15-21-16(19-11-5-1-9(2-6-11)13(24)25)23-17(22-15)20-12-7-3-10(4-8-12)14(26)27;1-9(2)7-3-5-8-6-4-7;1-5(2,3)4/h3-14H,1-2H3,(H3-,25,26,27,28,29,32,33,34,35);1-8H,(H,24,25)(H,26,27)(H2,19,20,21,22,23);3-6H,1-2H3;(H2,1,2,3,4). The number of benzene rings is 4. The highest BCUT2D eigenvalue weighted by molar-refractivity contribution is 7.79. The fourth-order valence-electron chi connectivity index (χ4n) is 5.85. The smallest absolute Gasteiger partial charge is 0.444 e. The molecule has 4 aromatic heterocycles. The fourth-order valence-corrected chi connectivity index (χ4v) is 6.01. The molecule has 76 heavy (non-hydrogen) atoms. The Balaban J connectivity index is 0.000000228. The van der Waals surface area contributed by atoms with Gasteiger partial charge in [0, 0.05) is 74.7 Å². The number of carboxylic acids is 4. The first-order valence-electron chi connectivity index (χ1n) is 21.5. The Morgan fingerprint density at radius 2 is 0.737 bits per heavy atom. The molecule has 26 nitrogen and oxygen atoms in total. The zero-order valence-corrected chi connectivity index (χ0v) is 41.8. The molecular formula is C48H45ClN14O12S. The number of hydrogen-bond donors (Lipinski definition) is 9. The van der Waals surface area contributed by atoms with Crippen LogP contribution < -0.4 is 35.6 Å². The summed E-state index contributed by atoms with van der Waals surface area (Å²) in [6, 6.07) is 32.2. The van der Waals surface area contributed by atoms with E-state index in [0.717, 1.165) is 5.69 Å². The van der Waals surface area contributed by atoms with Crippen molar-refractivity contribution in [3.05, 3.63) is 174 Å². The minimum Gasteiger partial charge on any atom is -0.726 e. The van der Waals surface area contributed by atoms with Crippen LogP contribution in [-0.4, -0.2) is 125 Å². The molecule has 0 amide bonds. The molecule has 392 valence electrons. The van der Waals surface area contributed by atoms with Gasteiger partial charge in [-0.1, -0.05) is 0 Å². The van der Waals surface area contributed by atoms with Gasteiger partial charge in [0.25, 0.3) is 0 Å². The van der Waals surface area contributed by atoms with Gasteiger partial charge < -0.3 is 56.0 Å². The zero-order chi connectivity index (χ0) is 55.5. The molecule has 8 rings (SSSR count). The van der Waals surface area contributed by atoms with Crippen molar-refractivity contribution in [1.82, 2.24) is 34.9 Å². The van der Waals surface area contributed by atoms with Crippen LogP contribution in [0.25, 0.3) is 5.95 Å². The summed E-state index contributed by atoms with van der Waals surface area (Å²) in [7, 11) is 2.99. The number of nitrogens with zero attached hydrogens (tertiary/aromatic N) is 10. The summed E-state index contributed by atoms with van der Waals surface area (Å²) in [4.78, 5) is 77.4. The normalized spacial score (nSPS) is 10.3. The zero-order valence-electron chi connectivity index (χ0n) is 40.2. The maximum absolute atomic E-state index is 11.1. The molecule has 0 saturated heterocycles. The summed E-state index contributed by atoms with van der Waals surface area (Å²) in [5.74, 6) is -2.98. The topological polar surface area (TPSA) is 375 Å². The van der Waals surface area contributed by atoms with E-state index in [4.69, 9.17) is 49.6 Å². The van der Waals surface area contributed by atoms with Gasteiger partial charge >= 0.3 is 41.7 Å². The highest BCUT2D eigenvalue weighted by Crippen LogP contribution is 2.22. The maximum atomic E-state index is 11.1. The van der Waals surface area contributed by atoms with Crippen molar-refractivity contribution < 1.29 is 61.7 Å². The van der Waals surface area contributed by atoms with Crippen LogP contribution in [0, 0.1) is 0 Å². The van der Waals surface area contributed by atoms with Gasteiger partial charge in [0.2, 0.25) is 27.6 Å². The molecule has 4 aromatic carbocycles. The van der Waals surface area contributed by atoms with E-state index in [-0.39, 0.29) is 51.3 Å². The average molecular weight is 1080 g/mol. The molecule has 0 bridgehead atoms. The molecule has 0 spiro atoms. The lowest BCUT2D eigenvalue weighted by atomic mass is 10.2. The van der Waals surface area contributed by atoms with Crippen molar-refractivity contribution >= 4 is 104 Å². The fraction of sp³-hybridized carbons (Fsp3) is 0.0833. The van der Waals surface area contributed by atoms with Gasteiger partial charge in [-0.15, -0.1) is 4.98 Å². The van der Waals surface area contributed by atoms with Crippen molar-refractivity contribution in [3.8, 4) is 5.95 Å². The molecular weight excluding hydrogens is 1030 g/mol. The Bertz CT molecular complexity index is 3200. The van der Waals surface area contributed by atoms with E-state index in [0.29, 0.717) is 28.7 Å². The second-order valence-electron chi connectivity index (χ2n) is 15.4. The molecule has 9 N–H and O–H groups in total. The predicted molar refractivity (Wildman–Crippen MR) is 278 cm³/mol. The Labute approximate surface area is 437 Å². The second kappa shape index (κ2) is 26.7. The number of rotatable bonds is 15. The van der Waals surface area contributed by atoms with Crippen LogP contribution in [0.5, 0.6) is 0 Å². The number of carboxylic acid groups (broad SMARTS) is 4. The highest BCUT2D eigenvalue weighted by Gasteiger charge is 2.19. The van der Waals surface area contributed by atoms with Crippen LogP contribution in [0.15, 0.2) is 146 Å². The van der Waals surface area contributed by atoms with Gasteiger partial charge in [-0.3, -0.25) is 9.54 Å². The van der Waals surface area contributed by atoms with Gasteiger partial charge in [-0.2, -0.15) is 15.0 Å². The summed E-state index contributed by atoms with van der Waals surface area (Å²) in [6.07, 6.45) is 7.22. The van der Waals surface area contributed by atoms with Crippen molar-refractivity contribution in [1.29, 1.82) is 0 Å². The number of anilines is 10. The van der Waals surface area contributed by atoms with Crippen LogP contribution in [0.1, 0.15) is 41.4 Å². The van der Waals surface area contributed by atoms with Crippen molar-refractivity contribution in [2.24, 2.45) is 0 Å². The van der Waals surface area contributed by atoms with E-state index >= 15 is 0 Å². The van der Waals surface area contributed by atoms with Crippen molar-refractivity contribution in [2.75, 3.05) is 59.3 Å². The number of aromatic carboxylic acids is 4. The quantitative estimate of drug-likeness (QED) is 0.0294. The number of halogens is 1. The number of hydrogen-bond acceptors (Lipinski definition) is 20. The molecule has 0 aliphatic heterocycles. The highest BCUT2D eigenvalue weighted by atomic mass is 35.5. The Kier molecular flexibility index (Phi) is 20.0. The van der Waals surface area contributed by atoms with Crippen LogP contribution in [0.4, 0.5) is 57.9 Å². The lowest BCUT2D eigenvalue weighted by molar-refractivity contribution is -0.603. The summed E-state index contributed by atoms with van der Waals surface area (Å²) in [6.45, 7) is 0. The van der Waals surface area contributed by atoms with Gasteiger partial charge in [0.05, 0.1) is 34.6 Å². The van der Waals surface area contributed by atoms with Gasteiger partial charge in [-0.05, 0) is 143 Å². The molecule has 0 unspecified atom stereocenters. The van der Waals surface area contributed by atoms with Gasteiger partial charge in [-0.25, -0.2) is 32.2 Å². The van der Waals surface area contributed by atoms with E-state index in [1.54, 1.807) is 65.5 Å². The molecule has 0 atom stereocenters. The first-order valence-corrected chi connectivity index (χ1v) is 23.3. The number of carbonyl (C=O) groups is 4. The third kappa shape index (κ3) is 18.9. The van der Waals surface area contributed by atoms with Crippen LogP contribution in [0.2, 0.25) is 5.28 Å². The van der Waals surface area contributed by atoms with E-state index in [1.165, 1.54) is 54.2 Å². The van der Waals surface area contributed by atoms with E-state index in [9.17, 15) is 19.2 Å². The van der Waals surface area contributed by atoms with E-state index in [1.807, 2.05) is 74.6 Å². The molecule has 0 fully saturated rings. The SMILES string of the molecule is CN(C)c1cc[n+](-c2nc(Nc3ccc(C(=O)O)cc3)nc(Nc3ccc(C(=O)O)cc3)n2)cc1.CN(C)c1ccncc1.O=C(O)c1ccc(Nc2nc(Cl)nc(Nc3ccc(C(=O)O)cc3)n2)cc1.O=S(=O)([O-])O. The molecule has 0 radical (unpaired) electrons. The number of pyridine rings is 2. The lowest BCUT2D eigenvalue weighted by Gasteiger charge is -2.11. The molecule has 4 heterocycles. The summed E-state index contributed by atoms with van der Waals surface area (Å²) >= 11 is 5.92. The lowest BCUT2D eigenvalue weighted by Crippen LogP contribution is -2.33. The summed E-state index contributed by atoms with van der Waals surface area (Å²) in [5, 5.41) is 47.9. The predicted octanol–water partition coefficient (Wildman–Crippen LogP) is 6.66. The minimum absolute atomic E-state index is 0.0562.